The van der Waals surface area contributed by atoms with Gasteiger partial charge in [-0.05, 0) is 49.6 Å². The predicted molar refractivity (Wildman–Crippen MR) is 107 cm³/mol. The Balaban J connectivity index is 1.70. The van der Waals surface area contributed by atoms with Crippen LogP contribution in [0.3, 0.4) is 0 Å². The molecular formula is C20H20F2N2O4S. The Kier molecular flexibility index (Phi) is 6.26. The van der Waals surface area contributed by atoms with Crippen LogP contribution in [0.4, 0.5) is 14.5 Å². The first-order valence-corrected chi connectivity index (χ1v) is 10.2. The summed E-state index contributed by atoms with van der Waals surface area (Å²) >= 11 is 1.54. The molecule has 1 unspecified atom stereocenters. The van der Waals surface area contributed by atoms with E-state index in [2.05, 4.69) is 20.1 Å². The highest BCUT2D eigenvalue weighted by Crippen LogP contribution is 2.42. The average Bonchev–Trinajstić information content (AvgIpc) is 2.97. The number of hydrogen-bond acceptors (Lipinski definition) is 5. The molecule has 0 saturated carbocycles. The van der Waals surface area contributed by atoms with Crippen molar-refractivity contribution in [2.75, 3.05) is 17.3 Å². The summed E-state index contributed by atoms with van der Waals surface area (Å²) in [6, 6.07) is 10.2. The smallest absolute Gasteiger partial charge is 0.395 e. The summed E-state index contributed by atoms with van der Waals surface area (Å²) in [7, 11) is 0. The van der Waals surface area contributed by atoms with Crippen LogP contribution in [0, 0.1) is 6.92 Å². The van der Waals surface area contributed by atoms with Crippen LogP contribution in [0.25, 0.3) is 0 Å². The minimum absolute atomic E-state index is 0.111. The molecule has 0 spiro atoms. The molecule has 1 aliphatic heterocycles. The van der Waals surface area contributed by atoms with Crippen LogP contribution in [0.1, 0.15) is 22.3 Å². The number of fused-ring (bicyclic) bond motifs is 1. The van der Waals surface area contributed by atoms with Gasteiger partial charge in [0.15, 0.2) is 11.5 Å². The van der Waals surface area contributed by atoms with Crippen LogP contribution in [0.5, 0.6) is 11.5 Å². The third kappa shape index (κ3) is 5.38. The van der Waals surface area contributed by atoms with Gasteiger partial charge in [0.25, 0.3) is 5.91 Å². The summed E-state index contributed by atoms with van der Waals surface area (Å²) < 4.78 is 35.0. The minimum atomic E-state index is -3.73. The largest absolute Gasteiger partial charge is 0.586 e. The summed E-state index contributed by atoms with van der Waals surface area (Å²) in [5.74, 6) is -0.442. The molecule has 0 aliphatic carbocycles. The van der Waals surface area contributed by atoms with Crippen LogP contribution in [-0.4, -0.2) is 36.2 Å². The molecule has 2 amide bonds. The lowest BCUT2D eigenvalue weighted by molar-refractivity contribution is -0.286. The van der Waals surface area contributed by atoms with E-state index in [0.29, 0.717) is 17.7 Å². The van der Waals surface area contributed by atoms with Crippen LogP contribution in [0.15, 0.2) is 42.5 Å². The zero-order valence-corrected chi connectivity index (χ0v) is 16.6. The van der Waals surface area contributed by atoms with Crippen molar-refractivity contribution in [3.8, 4) is 11.5 Å². The average molecular weight is 422 g/mol. The van der Waals surface area contributed by atoms with Crippen LogP contribution in [-0.2, 0) is 4.79 Å². The van der Waals surface area contributed by atoms with E-state index in [0.717, 1.165) is 5.56 Å². The Morgan fingerprint density at radius 3 is 2.62 bits per heavy atom. The van der Waals surface area contributed by atoms with E-state index in [1.54, 1.807) is 30.0 Å². The molecule has 2 N–H and O–H groups in total. The molecule has 1 heterocycles. The summed E-state index contributed by atoms with van der Waals surface area (Å²) in [5, 5.41) is 5.37. The van der Waals surface area contributed by atoms with Gasteiger partial charge < -0.3 is 20.1 Å². The summed E-state index contributed by atoms with van der Waals surface area (Å²) in [4.78, 5) is 25.3. The van der Waals surface area contributed by atoms with Gasteiger partial charge in [0.1, 0.15) is 6.04 Å². The molecule has 1 atom stereocenters. The number of benzene rings is 2. The van der Waals surface area contributed by atoms with E-state index < -0.39 is 18.2 Å². The lowest BCUT2D eigenvalue weighted by atomic mass is 10.1. The molecule has 0 saturated heterocycles. The molecule has 0 bridgehead atoms. The van der Waals surface area contributed by atoms with E-state index in [1.807, 2.05) is 19.2 Å². The van der Waals surface area contributed by atoms with E-state index in [9.17, 15) is 18.4 Å². The van der Waals surface area contributed by atoms with E-state index in [1.165, 1.54) is 18.2 Å². The monoisotopic (exact) mass is 422 g/mol. The SMILES string of the molecule is CSCCC(NC(=O)c1cccc(C)c1)C(=O)Nc1ccc2c(c1)OC(F)(F)O2. The molecule has 3 rings (SSSR count). The molecule has 29 heavy (non-hydrogen) atoms. The third-order valence-corrected chi connectivity index (χ3v) is 4.83. The number of carbonyl (C=O) groups excluding carboxylic acids is 2. The van der Waals surface area contributed by atoms with E-state index in [-0.39, 0.29) is 23.1 Å². The van der Waals surface area contributed by atoms with Gasteiger partial charge in [-0.15, -0.1) is 8.78 Å². The minimum Gasteiger partial charge on any atom is -0.395 e. The molecule has 154 valence electrons. The molecular weight excluding hydrogens is 402 g/mol. The Bertz CT molecular complexity index is 923. The number of nitrogens with one attached hydrogen (secondary N) is 2. The Morgan fingerprint density at radius 2 is 1.90 bits per heavy atom. The number of anilines is 1. The number of ether oxygens (including phenoxy) is 2. The highest BCUT2D eigenvalue weighted by atomic mass is 32.2. The van der Waals surface area contributed by atoms with Crippen molar-refractivity contribution in [3.63, 3.8) is 0 Å². The maximum Gasteiger partial charge on any atom is 0.586 e. The molecule has 6 nitrogen and oxygen atoms in total. The van der Waals surface area contributed by atoms with Crippen molar-refractivity contribution < 1.29 is 27.8 Å². The predicted octanol–water partition coefficient (Wildman–Crippen LogP) is 3.81. The first-order valence-electron chi connectivity index (χ1n) is 8.84. The van der Waals surface area contributed by atoms with Crippen molar-refractivity contribution in [2.24, 2.45) is 0 Å². The first-order chi connectivity index (χ1) is 13.8. The van der Waals surface area contributed by atoms with Gasteiger partial charge in [-0.3, -0.25) is 9.59 Å². The summed E-state index contributed by atoms with van der Waals surface area (Å²) in [5.41, 5.74) is 1.64. The number of carbonyl (C=O) groups is 2. The van der Waals surface area contributed by atoms with Crippen molar-refractivity contribution in [1.82, 2.24) is 5.32 Å². The van der Waals surface area contributed by atoms with Crippen molar-refractivity contribution in [2.45, 2.75) is 25.7 Å². The van der Waals surface area contributed by atoms with Gasteiger partial charge in [-0.2, -0.15) is 11.8 Å². The van der Waals surface area contributed by atoms with Gasteiger partial charge in [-0.1, -0.05) is 17.7 Å². The maximum atomic E-state index is 13.2. The Labute approximate surface area is 171 Å². The fraction of sp³-hybridized carbons (Fsp3) is 0.300. The lowest BCUT2D eigenvalue weighted by Gasteiger charge is -2.18. The van der Waals surface area contributed by atoms with E-state index in [4.69, 9.17) is 0 Å². The van der Waals surface area contributed by atoms with Crippen molar-refractivity contribution >= 4 is 29.3 Å². The van der Waals surface area contributed by atoms with Crippen LogP contribution >= 0.6 is 11.8 Å². The molecule has 2 aromatic rings. The third-order valence-electron chi connectivity index (χ3n) is 4.18. The second-order valence-electron chi connectivity index (χ2n) is 6.50. The fourth-order valence-corrected chi connectivity index (χ4v) is 3.26. The number of amides is 2. The number of thioether (sulfide) groups is 1. The van der Waals surface area contributed by atoms with Gasteiger partial charge in [0.05, 0.1) is 0 Å². The highest BCUT2D eigenvalue weighted by Gasteiger charge is 2.43. The second kappa shape index (κ2) is 8.69. The molecule has 2 aromatic carbocycles. The molecule has 9 heteroatoms. The van der Waals surface area contributed by atoms with Crippen molar-refractivity contribution in [3.05, 3.63) is 53.6 Å². The normalized spacial score (nSPS) is 14.9. The molecule has 0 radical (unpaired) electrons. The number of halogens is 2. The number of rotatable bonds is 7. The highest BCUT2D eigenvalue weighted by molar-refractivity contribution is 7.98. The van der Waals surface area contributed by atoms with Gasteiger partial charge in [0.2, 0.25) is 5.91 Å². The second-order valence-corrected chi connectivity index (χ2v) is 7.48. The zero-order chi connectivity index (χ0) is 21.0. The summed E-state index contributed by atoms with van der Waals surface area (Å²) in [6.45, 7) is 1.87. The quantitative estimate of drug-likeness (QED) is 0.710. The standard InChI is InChI=1S/C20H20F2N2O4S/c1-12-4-3-5-13(10-12)18(25)24-15(8-9-29-2)19(26)23-14-6-7-16-17(11-14)28-20(21,22)27-16/h3-7,10-11,15H,8-9H2,1-2H3,(H,23,26)(H,24,25). The molecule has 1 aliphatic rings. The van der Waals surface area contributed by atoms with Crippen LogP contribution < -0.4 is 20.1 Å². The number of hydrogen-bond donors (Lipinski definition) is 2. The van der Waals surface area contributed by atoms with Crippen molar-refractivity contribution in [1.29, 1.82) is 0 Å². The fourth-order valence-electron chi connectivity index (χ4n) is 2.79. The zero-order valence-electron chi connectivity index (χ0n) is 15.8. The Hall–Kier alpha value is -2.81. The maximum absolute atomic E-state index is 13.2. The number of aryl methyl sites for hydroxylation is 1. The van der Waals surface area contributed by atoms with Gasteiger partial charge >= 0.3 is 6.29 Å². The topological polar surface area (TPSA) is 76.7 Å². The van der Waals surface area contributed by atoms with Gasteiger partial charge in [0, 0.05) is 17.3 Å². The lowest BCUT2D eigenvalue weighted by Crippen LogP contribution is -2.44. The number of alkyl halides is 2. The van der Waals surface area contributed by atoms with Crippen LogP contribution in [0.2, 0.25) is 0 Å². The molecule has 0 fully saturated rings. The summed E-state index contributed by atoms with van der Waals surface area (Å²) in [6.07, 6.45) is -1.42. The first kappa shape index (κ1) is 20.9. The Morgan fingerprint density at radius 1 is 1.14 bits per heavy atom. The molecule has 0 aromatic heterocycles. The van der Waals surface area contributed by atoms with Gasteiger partial charge in [-0.25, -0.2) is 0 Å². The van der Waals surface area contributed by atoms with E-state index >= 15 is 0 Å².